The number of fused-ring (bicyclic) bond motifs is 2. The van der Waals surface area contributed by atoms with Crippen molar-refractivity contribution >= 4 is 60.7 Å². The van der Waals surface area contributed by atoms with Crippen molar-refractivity contribution in [3.8, 4) is 5.13 Å². The molecule has 0 aliphatic heterocycles. The summed E-state index contributed by atoms with van der Waals surface area (Å²) in [6.45, 7) is 0. The van der Waals surface area contributed by atoms with E-state index in [0.29, 0.717) is 5.13 Å². The number of carbonyl (C=O) groups is 1. The molecule has 1 aromatic carbocycles. The molecule has 0 amide bonds. The Labute approximate surface area is 160 Å². The van der Waals surface area contributed by atoms with Crippen LogP contribution in [0.25, 0.3) is 26.4 Å². The maximum absolute atomic E-state index is 11.0. The summed E-state index contributed by atoms with van der Waals surface area (Å²) in [7, 11) is 0. The van der Waals surface area contributed by atoms with E-state index < -0.39 is 5.97 Å². The van der Waals surface area contributed by atoms with E-state index in [1.807, 2.05) is 42.6 Å². The first-order valence-electron chi connectivity index (χ1n) is 7.96. The molecule has 5 aromatic rings. The van der Waals surface area contributed by atoms with Crippen LogP contribution in [0.4, 0.5) is 10.8 Å². The summed E-state index contributed by atoms with van der Waals surface area (Å²) in [6, 6.07) is 11.9. The van der Waals surface area contributed by atoms with Gasteiger partial charge in [-0.2, -0.15) is 0 Å². The number of pyridine rings is 1. The van der Waals surface area contributed by atoms with Crippen molar-refractivity contribution in [1.82, 2.24) is 19.5 Å². The summed E-state index contributed by atoms with van der Waals surface area (Å²) in [4.78, 5) is 24.3. The van der Waals surface area contributed by atoms with Crippen molar-refractivity contribution in [3.63, 3.8) is 0 Å². The number of carboxylic acid groups (broad SMARTS) is 1. The lowest BCUT2D eigenvalue weighted by Crippen LogP contribution is -1.99. The van der Waals surface area contributed by atoms with Gasteiger partial charge in [0.2, 0.25) is 0 Å². The maximum atomic E-state index is 11.0. The van der Waals surface area contributed by atoms with E-state index in [4.69, 9.17) is 5.11 Å². The highest BCUT2D eigenvalue weighted by molar-refractivity contribution is 7.22. The number of benzene rings is 1. The fraction of sp³-hybridized carbons (Fsp3) is 0. The second-order valence-corrected chi connectivity index (χ2v) is 7.62. The lowest BCUT2D eigenvalue weighted by molar-refractivity contribution is 0.0691. The van der Waals surface area contributed by atoms with E-state index in [1.165, 1.54) is 16.7 Å². The molecular weight excluding hydrogens is 382 g/mol. The molecule has 0 radical (unpaired) electrons. The molecule has 0 aliphatic rings. The monoisotopic (exact) mass is 393 g/mol. The quantitative estimate of drug-likeness (QED) is 0.466. The first-order valence-corrected chi connectivity index (χ1v) is 9.66. The molecule has 5 rings (SSSR count). The van der Waals surface area contributed by atoms with E-state index in [2.05, 4.69) is 20.3 Å². The molecule has 9 heteroatoms. The molecule has 0 unspecified atom stereocenters. The van der Waals surface area contributed by atoms with Crippen LogP contribution in [0.15, 0.2) is 54.2 Å². The lowest BCUT2D eigenvalue weighted by atomic mass is 10.3. The van der Waals surface area contributed by atoms with Crippen LogP contribution in [0.2, 0.25) is 0 Å². The number of rotatable bonds is 4. The Kier molecular flexibility index (Phi) is 3.62. The van der Waals surface area contributed by atoms with Crippen molar-refractivity contribution in [1.29, 1.82) is 0 Å². The molecule has 0 saturated carbocycles. The molecule has 0 fully saturated rings. The Bertz CT molecular complexity index is 1270. The average Bonchev–Trinajstić information content (AvgIpc) is 3.38. The van der Waals surface area contributed by atoms with Crippen LogP contribution < -0.4 is 5.32 Å². The minimum Gasteiger partial charge on any atom is -0.476 e. The Morgan fingerprint density at radius 2 is 2.07 bits per heavy atom. The molecule has 2 N–H and O–H groups in total. The third-order valence-electron chi connectivity index (χ3n) is 3.99. The van der Waals surface area contributed by atoms with Crippen molar-refractivity contribution in [2.75, 3.05) is 5.32 Å². The first-order chi connectivity index (χ1) is 13.2. The minimum absolute atomic E-state index is 0.0333. The second kappa shape index (κ2) is 6.15. The smallest absolute Gasteiger partial charge is 0.355 e. The number of anilines is 2. The van der Waals surface area contributed by atoms with E-state index in [1.54, 1.807) is 22.1 Å². The molecule has 7 nitrogen and oxygen atoms in total. The number of thiazole rings is 2. The third kappa shape index (κ3) is 2.82. The molecule has 0 atom stereocenters. The summed E-state index contributed by atoms with van der Waals surface area (Å²) in [5, 5.41) is 16.2. The highest BCUT2D eigenvalue weighted by Crippen LogP contribution is 2.29. The normalized spacial score (nSPS) is 11.3. The molecule has 0 saturated heterocycles. The zero-order valence-corrected chi connectivity index (χ0v) is 15.3. The second-order valence-electron chi connectivity index (χ2n) is 5.75. The number of hydrogen-bond donors (Lipinski definition) is 2. The van der Waals surface area contributed by atoms with Crippen LogP contribution in [0.3, 0.4) is 0 Å². The van der Waals surface area contributed by atoms with Gasteiger partial charge in [0.1, 0.15) is 5.65 Å². The number of aromatic nitrogens is 4. The third-order valence-corrected chi connectivity index (χ3v) is 5.78. The van der Waals surface area contributed by atoms with Crippen molar-refractivity contribution in [3.05, 3.63) is 59.9 Å². The van der Waals surface area contributed by atoms with Gasteiger partial charge in [-0.25, -0.2) is 19.7 Å². The van der Waals surface area contributed by atoms with Crippen molar-refractivity contribution in [2.45, 2.75) is 0 Å². The standard InChI is InChI=1S/C18H11N5O2S2/c24-16(25)13-9-26-18(22-13)23-6-5-10-7-11(8-19-15(10)23)20-17-21-12-3-1-2-4-14(12)27-17/h1-9H,(H,20,21)(H,24,25). The fourth-order valence-corrected chi connectivity index (χ4v) is 4.44. The van der Waals surface area contributed by atoms with E-state index >= 15 is 0 Å². The summed E-state index contributed by atoms with van der Waals surface area (Å²) < 4.78 is 2.91. The average molecular weight is 393 g/mol. The van der Waals surface area contributed by atoms with Gasteiger partial charge in [-0.3, -0.25) is 4.57 Å². The van der Waals surface area contributed by atoms with Crippen LogP contribution in [-0.4, -0.2) is 30.6 Å². The Balaban J connectivity index is 1.48. The number of para-hydroxylation sites is 1. The van der Waals surface area contributed by atoms with Gasteiger partial charge in [0.15, 0.2) is 16.0 Å². The zero-order chi connectivity index (χ0) is 18.4. The van der Waals surface area contributed by atoms with Gasteiger partial charge >= 0.3 is 5.97 Å². The predicted octanol–water partition coefficient (Wildman–Crippen LogP) is 4.53. The zero-order valence-electron chi connectivity index (χ0n) is 13.7. The SMILES string of the molecule is O=C(O)c1csc(-n2ccc3cc(Nc4nc5ccccc5s4)cnc32)n1. The van der Waals surface area contributed by atoms with Crippen LogP contribution in [0, 0.1) is 0 Å². The summed E-state index contributed by atoms with van der Waals surface area (Å²) in [5.41, 5.74) is 2.55. The van der Waals surface area contributed by atoms with E-state index in [-0.39, 0.29) is 5.69 Å². The first kappa shape index (κ1) is 15.9. The van der Waals surface area contributed by atoms with Gasteiger partial charge in [0.25, 0.3) is 0 Å². The summed E-state index contributed by atoms with van der Waals surface area (Å²) >= 11 is 2.85. The Hall–Kier alpha value is -3.30. The van der Waals surface area contributed by atoms with Crippen LogP contribution in [-0.2, 0) is 0 Å². The highest BCUT2D eigenvalue weighted by Gasteiger charge is 2.13. The molecule has 0 bridgehead atoms. The van der Waals surface area contributed by atoms with Crippen LogP contribution >= 0.6 is 22.7 Å². The van der Waals surface area contributed by atoms with Crippen molar-refractivity contribution in [2.24, 2.45) is 0 Å². The van der Waals surface area contributed by atoms with Gasteiger partial charge in [0, 0.05) is 17.0 Å². The van der Waals surface area contributed by atoms with E-state index in [0.717, 1.165) is 32.1 Å². The lowest BCUT2D eigenvalue weighted by Gasteiger charge is -2.03. The summed E-state index contributed by atoms with van der Waals surface area (Å²) in [6.07, 6.45) is 3.57. The minimum atomic E-state index is -1.04. The molecule has 0 aliphatic carbocycles. The fourth-order valence-electron chi connectivity index (χ4n) is 2.77. The predicted molar refractivity (Wildman–Crippen MR) is 107 cm³/mol. The Morgan fingerprint density at radius 1 is 1.19 bits per heavy atom. The van der Waals surface area contributed by atoms with Gasteiger partial charge < -0.3 is 10.4 Å². The molecule has 4 aromatic heterocycles. The topological polar surface area (TPSA) is 92.9 Å². The van der Waals surface area contributed by atoms with Crippen molar-refractivity contribution < 1.29 is 9.90 Å². The van der Waals surface area contributed by atoms with Crippen LogP contribution in [0.1, 0.15) is 10.5 Å². The maximum Gasteiger partial charge on any atom is 0.355 e. The van der Waals surface area contributed by atoms with Gasteiger partial charge in [-0.1, -0.05) is 23.5 Å². The molecule has 27 heavy (non-hydrogen) atoms. The molecule has 132 valence electrons. The number of aromatic carboxylic acids is 1. The Morgan fingerprint density at radius 3 is 2.89 bits per heavy atom. The molecule has 4 heterocycles. The van der Waals surface area contributed by atoms with Gasteiger partial charge in [0.05, 0.1) is 22.1 Å². The van der Waals surface area contributed by atoms with Gasteiger partial charge in [-0.05, 0) is 24.3 Å². The highest BCUT2D eigenvalue weighted by atomic mass is 32.1. The number of nitrogens with one attached hydrogen (secondary N) is 1. The largest absolute Gasteiger partial charge is 0.476 e. The van der Waals surface area contributed by atoms with Crippen LogP contribution in [0.5, 0.6) is 0 Å². The molecule has 0 spiro atoms. The summed E-state index contributed by atoms with van der Waals surface area (Å²) in [5.74, 6) is -1.04. The van der Waals surface area contributed by atoms with E-state index in [9.17, 15) is 4.79 Å². The molecular formula is C18H11N5O2S2. The number of nitrogens with zero attached hydrogens (tertiary/aromatic N) is 4. The number of hydrogen-bond acceptors (Lipinski definition) is 7. The number of carboxylic acids is 1. The van der Waals surface area contributed by atoms with Gasteiger partial charge in [-0.15, -0.1) is 11.3 Å².